The Morgan fingerprint density at radius 1 is 0.524 bits per heavy atom. The molecule has 4 fully saturated rings. The quantitative estimate of drug-likeness (QED) is 0.0855. The van der Waals surface area contributed by atoms with Gasteiger partial charge in [0, 0.05) is 73.2 Å². The minimum atomic E-state index is -0.606. The summed E-state index contributed by atoms with van der Waals surface area (Å²) in [5.74, 6) is 0.711. The molecular formula is C64H90N10O10. The molecule has 2 aromatic carbocycles. The van der Waals surface area contributed by atoms with Crippen molar-refractivity contribution < 1.29 is 47.7 Å². The van der Waals surface area contributed by atoms with Crippen LogP contribution in [0.1, 0.15) is 194 Å². The van der Waals surface area contributed by atoms with Gasteiger partial charge in [0.15, 0.2) is 13.5 Å². The van der Waals surface area contributed by atoms with Crippen LogP contribution in [0, 0.1) is 34.5 Å². The van der Waals surface area contributed by atoms with Gasteiger partial charge in [-0.1, -0.05) is 62.1 Å². The summed E-state index contributed by atoms with van der Waals surface area (Å²) in [6.07, 6.45) is 14.6. The average molecular weight is 1160 g/mol. The highest BCUT2D eigenvalue weighted by molar-refractivity contribution is 5.83. The van der Waals surface area contributed by atoms with Gasteiger partial charge < -0.3 is 50.0 Å². The number of imidazole rings is 2. The molecule has 2 saturated heterocycles. The first-order chi connectivity index (χ1) is 39.7. The number of ether oxygens (including phenoxy) is 4. The number of carbonyl (C=O) groups is 6. The van der Waals surface area contributed by atoms with Crippen molar-refractivity contribution in [2.24, 2.45) is 34.5 Å². The summed E-state index contributed by atoms with van der Waals surface area (Å²) in [5.41, 5.74) is 1.71. The van der Waals surface area contributed by atoms with Crippen molar-refractivity contribution in [1.82, 2.24) is 39.5 Å². The topological polar surface area (TPSA) is 230 Å². The van der Waals surface area contributed by atoms with Gasteiger partial charge in [0.25, 0.3) is 0 Å². The van der Waals surface area contributed by atoms with Crippen molar-refractivity contribution >= 4 is 47.3 Å². The van der Waals surface area contributed by atoms with Crippen molar-refractivity contribution in [1.29, 1.82) is 0 Å². The first-order valence-electron chi connectivity index (χ1n) is 30.3. The molecule has 456 valence electrons. The third kappa shape index (κ3) is 14.0. The molecule has 4 amide bonds. The number of likely N-dealkylation sites (tertiary alicyclic amines) is 2. The fourth-order valence-corrected chi connectivity index (χ4v) is 13.1. The highest BCUT2D eigenvalue weighted by atomic mass is 16.6. The number of esters is 2. The van der Waals surface area contributed by atoms with Crippen LogP contribution in [0.25, 0.3) is 0 Å². The molecule has 2 aliphatic carbocycles. The van der Waals surface area contributed by atoms with E-state index in [4.69, 9.17) is 28.9 Å². The van der Waals surface area contributed by atoms with Gasteiger partial charge in [-0.15, -0.1) is 0 Å². The molecular weight excluding hydrogens is 1070 g/mol. The van der Waals surface area contributed by atoms with E-state index in [2.05, 4.69) is 33.4 Å². The van der Waals surface area contributed by atoms with Gasteiger partial charge in [0.1, 0.15) is 22.9 Å². The molecule has 2 saturated carbocycles. The standard InChI is InChI=1S/2C32H45N5O5/c2*1-31(2,3)29(39)41-19-36-18-16-33-27(36)25-22-15-17-37(26(22)20-11-7-9-13-23(20)34-25)28(38)21-12-8-10-14-24(21)35-30(40)42-32(4,5)6/h2*7,9,11,13,16,18,21-22,24-26,34H,8,10,12,14-15,17,19H2,1-6H3,(H,35,40)/t21-,22+,24+,25+,26-;21-,22-,24+,25-,26+/m00/s1. The Morgan fingerprint density at radius 3 is 1.26 bits per heavy atom. The summed E-state index contributed by atoms with van der Waals surface area (Å²) in [7, 11) is 0. The Bertz CT molecular complexity index is 2820. The van der Waals surface area contributed by atoms with E-state index in [9.17, 15) is 28.8 Å². The van der Waals surface area contributed by atoms with E-state index >= 15 is 0 Å². The first kappa shape index (κ1) is 61.4. The number of nitrogens with one attached hydrogen (secondary N) is 4. The lowest BCUT2D eigenvalue weighted by Gasteiger charge is -2.41. The van der Waals surface area contributed by atoms with Crippen LogP contribution >= 0.6 is 0 Å². The molecule has 4 N–H and O–H groups in total. The summed E-state index contributed by atoms with van der Waals surface area (Å²) >= 11 is 0. The van der Waals surface area contributed by atoms with E-state index < -0.39 is 34.2 Å². The molecule has 0 unspecified atom stereocenters. The number of aromatic nitrogens is 4. The van der Waals surface area contributed by atoms with Crippen LogP contribution in [0.4, 0.5) is 21.0 Å². The van der Waals surface area contributed by atoms with Crippen molar-refractivity contribution in [2.75, 3.05) is 23.7 Å². The number of rotatable bonds is 10. The van der Waals surface area contributed by atoms with E-state index in [1.54, 1.807) is 12.4 Å². The second-order valence-electron chi connectivity index (χ2n) is 27.7. The van der Waals surface area contributed by atoms with E-state index in [1.807, 2.05) is 151 Å². The maximum atomic E-state index is 14.3. The number of benzene rings is 2. The van der Waals surface area contributed by atoms with Gasteiger partial charge >= 0.3 is 24.1 Å². The smallest absolute Gasteiger partial charge is 0.407 e. The molecule has 20 heteroatoms. The molecule has 6 aliphatic rings. The second kappa shape index (κ2) is 24.8. The van der Waals surface area contributed by atoms with Crippen LogP contribution in [-0.2, 0) is 51.6 Å². The number of nitrogens with zero attached hydrogens (tertiary/aromatic N) is 6. The molecule has 6 heterocycles. The van der Waals surface area contributed by atoms with E-state index in [-0.39, 0.29) is 97.1 Å². The number of alkyl carbamates (subject to hydrolysis) is 2. The van der Waals surface area contributed by atoms with Crippen LogP contribution in [0.5, 0.6) is 0 Å². The molecule has 84 heavy (non-hydrogen) atoms. The second-order valence-corrected chi connectivity index (χ2v) is 27.7. The SMILES string of the molecule is CC(C)(C)OC(=O)N[C@@H]1CCCC[C@@H]1C(=O)N1CC[C@@H]2[C@H](c3nccn3COC(=O)C(C)(C)C)Nc3ccccc3[C@@H]21.CC(C)(C)OC(=O)N[C@@H]1CCCC[C@@H]1C(=O)N1CC[C@H]2[C@@H](c3nccn3COC(=O)C(C)(C)C)Nc3ccccc3[C@H]21. The van der Waals surface area contributed by atoms with Gasteiger partial charge in [-0.3, -0.25) is 28.3 Å². The molecule has 4 aliphatic heterocycles. The molecule has 10 atom stereocenters. The van der Waals surface area contributed by atoms with E-state index in [1.165, 1.54) is 0 Å². The van der Waals surface area contributed by atoms with Gasteiger partial charge in [-0.05, 0) is 145 Å². The summed E-state index contributed by atoms with van der Waals surface area (Å²) < 4.78 is 26.0. The van der Waals surface area contributed by atoms with Crippen molar-refractivity contribution in [2.45, 2.75) is 208 Å². The lowest BCUT2D eigenvalue weighted by Crippen LogP contribution is -2.51. The Labute approximate surface area is 495 Å². The maximum Gasteiger partial charge on any atom is 0.407 e. The highest BCUT2D eigenvalue weighted by Gasteiger charge is 2.52. The predicted octanol–water partition coefficient (Wildman–Crippen LogP) is 11.1. The molecule has 0 spiro atoms. The Balaban J connectivity index is 0.000000202. The maximum absolute atomic E-state index is 14.3. The zero-order valence-electron chi connectivity index (χ0n) is 51.4. The van der Waals surface area contributed by atoms with Gasteiger partial charge in [0.2, 0.25) is 11.8 Å². The van der Waals surface area contributed by atoms with Crippen molar-refractivity contribution in [3.63, 3.8) is 0 Å². The Hall–Kier alpha value is -7.12. The van der Waals surface area contributed by atoms with E-state index in [0.717, 1.165) is 98.4 Å². The lowest BCUT2D eigenvalue weighted by molar-refractivity contribution is -0.157. The third-order valence-electron chi connectivity index (χ3n) is 17.0. The molecule has 0 bridgehead atoms. The number of hydrogen-bond donors (Lipinski definition) is 4. The predicted molar refractivity (Wildman–Crippen MR) is 317 cm³/mol. The molecule has 10 rings (SSSR count). The number of amides is 4. The normalized spacial score (nSPS) is 25.6. The summed E-state index contributed by atoms with van der Waals surface area (Å²) in [5, 5.41) is 13.4. The fraction of sp³-hybridized carbons (Fsp3) is 0.625. The average Bonchev–Trinajstić information content (AvgIpc) is 1.64. The zero-order chi connectivity index (χ0) is 60.5. The van der Waals surface area contributed by atoms with Gasteiger partial charge in [-0.25, -0.2) is 19.6 Å². The lowest BCUT2D eigenvalue weighted by atomic mass is 9.80. The molecule has 4 aromatic rings. The van der Waals surface area contributed by atoms with Gasteiger partial charge in [0.05, 0.1) is 46.8 Å². The summed E-state index contributed by atoms with van der Waals surface area (Å²) in [6, 6.07) is 15.1. The van der Waals surface area contributed by atoms with Crippen LogP contribution in [0.3, 0.4) is 0 Å². The largest absolute Gasteiger partial charge is 0.444 e. The Kier molecular flexibility index (Phi) is 18.2. The minimum Gasteiger partial charge on any atom is -0.444 e. The van der Waals surface area contributed by atoms with Crippen LogP contribution in [0.15, 0.2) is 73.3 Å². The summed E-state index contributed by atoms with van der Waals surface area (Å²) in [6.45, 7) is 23.4. The van der Waals surface area contributed by atoms with Crippen LogP contribution in [-0.4, -0.2) is 101 Å². The van der Waals surface area contributed by atoms with Crippen LogP contribution in [0.2, 0.25) is 0 Å². The highest BCUT2D eigenvalue weighted by Crippen LogP contribution is 2.53. The number of anilines is 2. The zero-order valence-corrected chi connectivity index (χ0v) is 51.4. The molecule has 2 aromatic heterocycles. The molecule has 0 radical (unpaired) electrons. The minimum absolute atomic E-state index is 0.0733. The number of carbonyl (C=O) groups excluding carboxylic acids is 6. The Morgan fingerprint density at radius 2 is 0.893 bits per heavy atom. The number of para-hydroxylation sites is 2. The van der Waals surface area contributed by atoms with E-state index in [0.29, 0.717) is 13.1 Å². The van der Waals surface area contributed by atoms with Crippen molar-refractivity contribution in [3.05, 3.63) is 96.1 Å². The summed E-state index contributed by atoms with van der Waals surface area (Å²) in [4.78, 5) is 92.3. The third-order valence-corrected chi connectivity index (χ3v) is 17.0. The molecule has 20 nitrogen and oxygen atoms in total. The first-order valence-corrected chi connectivity index (χ1v) is 30.3. The number of fused-ring (bicyclic) bond motifs is 6. The fourth-order valence-electron chi connectivity index (χ4n) is 13.1. The van der Waals surface area contributed by atoms with Crippen molar-refractivity contribution in [3.8, 4) is 0 Å². The monoisotopic (exact) mass is 1160 g/mol. The number of hydrogen-bond acceptors (Lipinski definition) is 14. The van der Waals surface area contributed by atoms with Crippen LogP contribution < -0.4 is 21.3 Å². The van der Waals surface area contributed by atoms with Gasteiger partial charge in [-0.2, -0.15) is 0 Å².